The molecule has 1 saturated heterocycles. The molecule has 1 aliphatic heterocycles. The molecular weight excluding hydrogens is 451 g/mol. The molecule has 0 spiro atoms. The lowest BCUT2D eigenvalue weighted by atomic mass is 10.0. The fraction of sp³-hybridized carbons (Fsp3) is 0.318. The fourth-order valence-electron chi connectivity index (χ4n) is 3.62. The van der Waals surface area contributed by atoms with E-state index in [1.807, 2.05) is 19.1 Å². The molecular formula is C22H23FN4O3S2. The molecule has 2 heterocycles. The first kappa shape index (κ1) is 22.5. The van der Waals surface area contributed by atoms with Gasteiger partial charge in [0.2, 0.25) is 15.0 Å². The van der Waals surface area contributed by atoms with Crippen molar-refractivity contribution in [3.05, 3.63) is 69.9 Å². The van der Waals surface area contributed by atoms with Gasteiger partial charge in [-0.25, -0.2) is 12.8 Å². The van der Waals surface area contributed by atoms with Gasteiger partial charge in [-0.2, -0.15) is 4.31 Å². The van der Waals surface area contributed by atoms with E-state index in [1.54, 1.807) is 12.1 Å². The second-order valence-electron chi connectivity index (χ2n) is 7.61. The van der Waals surface area contributed by atoms with Crippen LogP contribution in [0, 0.1) is 5.82 Å². The van der Waals surface area contributed by atoms with Crippen LogP contribution >= 0.6 is 11.3 Å². The molecule has 0 aliphatic carbocycles. The van der Waals surface area contributed by atoms with E-state index in [0.717, 1.165) is 29.7 Å². The summed E-state index contributed by atoms with van der Waals surface area (Å²) in [5, 5.41) is 11.6. The van der Waals surface area contributed by atoms with Gasteiger partial charge < -0.3 is 5.32 Å². The van der Waals surface area contributed by atoms with Crippen molar-refractivity contribution in [2.24, 2.45) is 0 Å². The summed E-state index contributed by atoms with van der Waals surface area (Å²) >= 11 is 1.15. The summed E-state index contributed by atoms with van der Waals surface area (Å²) < 4.78 is 40.7. The van der Waals surface area contributed by atoms with Gasteiger partial charge in [-0.1, -0.05) is 30.4 Å². The van der Waals surface area contributed by atoms with Gasteiger partial charge in [0.15, 0.2) is 0 Å². The zero-order valence-corrected chi connectivity index (χ0v) is 19.1. The number of aryl methyl sites for hydroxylation is 1. The highest BCUT2D eigenvalue weighted by Gasteiger charge is 2.32. The van der Waals surface area contributed by atoms with Crippen LogP contribution in [0.4, 0.5) is 10.1 Å². The number of anilines is 1. The molecule has 2 aromatic carbocycles. The smallest absolute Gasteiger partial charge is 0.286 e. The maximum absolute atomic E-state index is 13.1. The Labute approximate surface area is 190 Å². The number of rotatable bonds is 6. The summed E-state index contributed by atoms with van der Waals surface area (Å²) in [6, 6.07) is 12.4. The number of amides is 1. The Balaban J connectivity index is 1.46. The maximum atomic E-state index is 13.1. The highest BCUT2D eigenvalue weighted by Crippen LogP contribution is 2.32. The van der Waals surface area contributed by atoms with E-state index in [-0.39, 0.29) is 21.6 Å². The first-order valence-corrected chi connectivity index (χ1v) is 12.6. The molecule has 1 aliphatic rings. The summed E-state index contributed by atoms with van der Waals surface area (Å²) in [6.07, 6.45) is 2.32. The lowest BCUT2D eigenvalue weighted by Gasteiger charge is -2.30. The van der Waals surface area contributed by atoms with Crippen molar-refractivity contribution >= 4 is 33.0 Å². The molecule has 0 bridgehead atoms. The van der Waals surface area contributed by atoms with Crippen LogP contribution in [-0.2, 0) is 16.4 Å². The number of piperidine rings is 1. The Morgan fingerprint density at radius 2 is 1.88 bits per heavy atom. The minimum Gasteiger partial charge on any atom is -0.320 e. The number of carbonyl (C=O) groups is 1. The molecule has 0 radical (unpaired) electrons. The van der Waals surface area contributed by atoms with Crippen molar-refractivity contribution in [1.82, 2.24) is 14.5 Å². The predicted molar refractivity (Wildman–Crippen MR) is 121 cm³/mol. The summed E-state index contributed by atoms with van der Waals surface area (Å²) in [5.41, 5.74) is 1.54. The highest BCUT2D eigenvalue weighted by molar-refractivity contribution is 7.89. The second kappa shape index (κ2) is 9.43. The average Bonchev–Trinajstić information content (AvgIpc) is 3.31. The van der Waals surface area contributed by atoms with Crippen LogP contribution in [0.2, 0.25) is 0 Å². The van der Waals surface area contributed by atoms with Gasteiger partial charge in [-0.05, 0) is 61.2 Å². The quantitative estimate of drug-likeness (QED) is 0.582. The highest BCUT2D eigenvalue weighted by atomic mass is 32.2. The number of carbonyl (C=O) groups excluding carboxylic acids is 1. The Kier molecular flexibility index (Phi) is 6.63. The molecule has 10 heteroatoms. The average molecular weight is 475 g/mol. The van der Waals surface area contributed by atoms with Gasteiger partial charge in [-0.15, -0.1) is 10.2 Å². The molecule has 168 valence electrons. The number of aromatic nitrogens is 2. The van der Waals surface area contributed by atoms with Gasteiger partial charge in [0.1, 0.15) is 10.8 Å². The van der Waals surface area contributed by atoms with E-state index in [4.69, 9.17) is 0 Å². The minimum absolute atomic E-state index is 0.127. The summed E-state index contributed by atoms with van der Waals surface area (Å²) in [5.74, 6) is -0.950. The Morgan fingerprint density at radius 1 is 1.16 bits per heavy atom. The first-order valence-electron chi connectivity index (χ1n) is 10.4. The molecule has 1 fully saturated rings. The van der Waals surface area contributed by atoms with E-state index in [0.29, 0.717) is 30.2 Å². The second-order valence-corrected chi connectivity index (χ2v) is 10.6. The molecule has 3 aromatic rings. The van der Waals surface area contributed by atoms with Gasteiger partial charge >= 0.3 is 0 Å². The van der Waals surface area contributed by atoms with E-state index in [1.165, 1.54) is 28.6 Å². The van der Waals surface area contributed by atoms with Crippen molar-refractivity contribution in [1.29, 1.82) is 0 Å². The number of hydrogen-bond donors (Lipinski definition) is 1. The third-order valence-corrected chi connectivity index (χ3v) is 8.40. The van der Waals surface area contributed by atoms with Gasteiger partial charge in [-0.3, -0.25) is 4.79 Å². The van der Waals surface area contributed by atoms with Crippen LogP contribution < -0.4 is 5.32 Å². The number of nitrogens with one attached hydrogen (secondary N) is 1. The van der Waals surface area contributed by atoms with E-state index in [2.05, 4.69) is 15.5 Å². The molecule has 1 amide bonds. The van der Waals surface area contributed by atoms with Crippen molar-refractivity contribution < 1.29 is 17.6 Å². The van der Waals surface area contributed by atoms with Crippen LogP contribution in [0.5, 0.6) is 0 Å². The number of benzene rings is 2. The lowest BCUT2D eigenvalue weighted by Crippen LogP contribution is -2.39. The van der Waals surface area contributed by atoms with Crippen molar-refractivity contribution in [2.45, 2.75) is 37.0 Å². The van der Waals surface area contributed by atoms with Gasteiger partial charge in [0.05, 0.1) is 4.90 Å². The zero-order valence-electron chi connectivity index (χ0n) is 17.5. The van der Waals surface area contributed by atoms with Crippen molar-refractivity contribution in [3.8, 4) is 0 Å². The van der Waals surface area contributed by atoms with Crippen molar-refractivity contribution in [2.75, 3.05) is 18.4 Å². The zero-order chi connectivity index (χ0) is 22.7. The molecule has 1 atom stereocenters. The minimum atomic E-state index is -3.60. The van der Waals surface area contributed by atoms with Crippen LogP contribution in [0.3, 0.4) is 0 Å². The number of nitrogens with zero attached hydrogens (tertiary/aromatic N) is 3. The number of hydrogen-bond acceptors (Lipinski definition) is 6. The third-order valence-electron chi connectivity index (χ3n) is 5.44. The normalized spacial score (nSPS) is 17.2. The first-order chi connectivity index (χ1) is 15.4. The van der Waals surface area contributed by atoms with Crippen LogP contribution in [0.1, 0.15) is 46.1 Å². The van der Waals surface area contributed by atoms with Crippen LogP contribution in [0.15, 0.2) is 53.4 Å². The molecule has 4 rings (SSSR count). The standard InChI is InChI=1S/C22H23FN4O3S2/c1-2-15-5-11-19(12-6-15)32(29,30)27-13-3-4-16(14-27)21-25-26-22(31-21)20(28)24-18-9-7-17(23)8-10-18/h5-12,16H,2-4,13-14H2,1H3,(H,24,28)/t16-/m0/s1. The van der Waals surface area contributed by atoms with Gasteiger partial charge in [0, 0.05) is 24.7 Å². The van der Waals surface area contributed by atoms with E-state index < -0.39 is 15.9 Å². The molecule has 0 unspecified atom stereocenters. The molecule has 0 saturated carbocycles. The van der Waals surface area contributed by atoms with E-state index >= 15 is 0 Å². The topological polar surface area (TPSA) is 92.3 Å². The number of sulfonamides is 1. The molecule has 7 nitrogen and oxygen atoms in total. The fourth-order valence-corrected chi connectivity index (χ4v) is 6.01. The molecule has 1 aromatic heterocycles. The van der Waals surface area contributed by atoms with Crippen molar-refractivity contribution in [3.63, 3.8) is 0 Å². The Hall–Kier alpha value is -2.69. The monoisotopic (exact) mass is 474 g/mol. The Bertz CT molecular complexity index is 1190. The summed E-state index contributed by atoms with van der Waals surface area (Å²) in [6.45, 7) is 2.77. The summed E-state index contributed by atoms with van der Waals surface area (Å²) in [4.78, 5) is 12.7. The number of halogens is 1. The Morgan fingerprint density at radius 3 is 2.56 bits per heavy atom. The predicted octanol–water partition coefficient (Wildman–Crippen LogP) is 4.06. The van der Waals surface area contributed by atoms with E-state index in [9.17, 15) is 17.6 Å². The van der Waals surface area contributed by atoms with Crippen LogP contribution in [0.25, 0.3) is 0 Å². The molecule has 1 N–H and O–H groups in total. The maximum Gasteiger partial charge on any atom is 0.286 e. The van der Waals surface area contributed by atoms with Gasteiger partial charge in [0.25, 0.3) is 5.91 Å². The van der Waals surface area contributed by atoms with Crippen LogP contribution in [-0.4, -0.2) is 41.9 Å². The third kappa shape index (κ3) is 4.87. The largest absolute Gasteiger partial charge is 0.320 e. The summed E-state index contributed by atoms with van der Waals surface area (Å²) in [7, 11) is -3.60. The SMILES string of the molecule is CCc1ccc(S(=O)(=O)N2CCC[C@H](c3nnc(C(=O)Nc4ccc(F)cc4)s3)C2)cc1. The lowest BCUT2D eigenvalue weighted by molar-refractivity contribution is 0.102. The molecule has 32 heavy (non-hydrogen) atoms.